The normalized spacial score (nSPS) is 22.2. The highest BCUT2D eigenvalue weighted by molar-refractivity contribution is 5.84. The van der Waals surface area contributed by atoms with Crippen LogP contribution in [-0.2, 0) is 16.0 Å². The SMILES string of the molecule is O=C([O-])[C@H]1CCCC[C@H]1C(=O)NCCc1ccccc1. The Morgan fingerprint density at radius 2 is 1.75 bits per heavy atom. The number of hydrogen-bond donors (Lipinski definition) is 1. The van der Waals surface area contributed by atoms with Gasteiger partial charge < -0.3 is 15.2 Å². The number of carbonyl (C=O) groups excluding carboxylic acids is 2. The first-order valence-corrected chi connectivity index (χ1v) is 7.21. The minimum atomic E-state index is -1.09. The van der Waals surface area contributed by atoms with Gasteiger partial charge in [-0.1, -0.05) is 43.2 Å². The van der Waals surface area contributed by atoms with Crippen molar-refractivity contribution in [3.8, 4) is 0 Å². The van der Waals surface area contributed by atoms with E-state index in [1.54, 1.807) is 0 Å². The third-order valence-electron chi connectivity index (χ3n) is 3.96. The molecule has 0 spiro atoms. The van der Waals surface area contributed by atoms with Crippen LogP contribution >= 0.6 is 0 Å². The maximum absolute atomic E-state index is 12.1. The molecule has 0 saturated heterocycles. The number of rotatable bonds is 5. The molecule has 4 nitrogen and oxygen atoms in total. The van der Waals surface area contributed by atoms with E-state index >= 15 is 0 Å². The van der Waals surface area contributed by atoms with E-state index in [2.05, 4.69) is 5.32 Å². The van der Waals surface area contributed by atoms with E-state index in [1.807, 2.05) is 30.3 Å². The molecule has 0 radical (unpaired) electrons. The molecule has 0 unspecified atom stereocenters. The number of nitrogens with one attached hydrogen (secondary N) is 1. The summed E-state index contributed by atoms with van der Waals surface area (Å²) in [6, 6.07) is 9.90. The highest BCUT2D eigenvalue weighted by atomic mass is 16.4. The highest BCUT2D eigenvalue weighted by Crippen LogP contribution is 2.29. The second-order valence-electron chi connectivity index (χ2n) is 5.34. The Bertz CT molecular complexity index is 458. The molecule has 1 aromatic carbocycles. The number of benzene rings is 1. The molecule has 0 bridgehead atoms. The number of carboxylic acid groups (broad SMARTS) is 1. The smallest absolute Gasteiger partial charge is 0.223 e. The van der Waals surface area contributed by atoms with Crippen LogP contribution in [0.2, 0.25) is 0 Å². The second kappa shape index (κ2) is 7.08. The van der Waals surface area contributed by atoms with Gasteiger partial charge in [0.1, 0.15) is 0 Å². The lowest BCUT2D eigenvalue weighted by Crippen LogP contribution is -2.44. The Balaban J connectivity index is 1.83. The van der Waals surface area contributed by atoms with Crippen LogP contribution in [0.1, 0.15) is 31.2 Å². The predicted octanol–water partition coefficient (Wildman–Crippen LogP) is 0.902. The zero-order valence-corrected chi connectivity index (χ0v) is 11.5. The maximum Gasteiger partial charge on any atom is 0.223 e. The van der Waals surface area contributed by atoms with Gasteiger partial charge in [0, 0.05) is 24.3 Å². The van der Waals surface area contributed by atoms with Crippen LogP contribution in [0.4, 0.5) is 0 Å². The summed E-state index contributed by atoms with van der Waals surface area (Å²) in [5, 5.41) is 13.9. The van der Waals surface area contributed by atoms with Gasteiger partial charge in [-0.15, -0.1) is 0 Å². The lowest BCUT2D eigenvalue weighted by Gasteiger charge is -2.31. The van der Waals surface area contributed by atoms with Crippen molar-refractivity contribution in [1.82, 2.24) is 5.32 Å². The third-order valence-corrected chi connectivity index (χ3v) is 3.96. The second-order valence-corrected chi connectivity index (χ2v) is 5.34. The molecule has 20 heavy (non-hydrogen) atoms. The van der Waals surface area contributed by atoms with Crippen LogP contribution in [0, 0.1) is 11.8 Å². The topological polar surface area (TPSA) is 69.2 Å². The van der Waals surface area contributed by atoms with Crippen LogP contribution in [0.3, 0.4) is 0 Å². The molecular weight excluding hydrogens is 254 g/mol. The minimum absolute atomic E-state index is 0.144. The summed E-state index contributed by atoms with van der Waals surface area (Å²) < 4.78 is 0. The first-order valence-electron chi connectivity index (χ1n) is 7.21. The molecule has 1 aliphatic carbocycles. The molecule has 1 aliphatic rings. The molecule has 1 fully saturated rings. The number of carboxylic acids is 1. The average Bonchev–Trinajstić information content (AvgIpc) is 2.48. The Morgan fingerprint density at radius 1 is 1.10 bits per heavy atom. The Hall–Kier alpha value is -1.84. The molecule has 0 heterocycles. The van der Waals surface area contributed by atoms with Crippen molar-refractivity contribution < 1.29 is 14.7 Å². The predicted molar refractivity (Wildman–Crippen MR) is 73.6 cm³/mol. The van der Waals surface area contributed by atoms with Gasteiger partial charge in [-0.2, -0.15) is 0 Å². The van der Waals surface area contributed by atoms with E-state index < -0.39 is 17.8 Å². The number of aliphatic carboxylic acids is 1. The summed E-state index contributed by atoms with van der Waals surface area (Å²) in [6.07, 6.45) is 3.75. The van der Waals surface area contributed by atoms with Crippen LogP contribution in [0.15, 0.2) is 30.3 Å². The van der Waals surface area contributed by atoms with Crippen LogP contribution in [-0.4, -0.2) is 18.4 Å². The molecule has 0 aliphatic heterocycles. The van der Waals surface area contributed by atoms with E-state index in [-0.39, 0.29) is 5.91 Å². The van der Waals surface area contributed by atoms with Crippen molar-refractivity contribution in [2.75, 3.05) is 6.54 Å². The molecule has 0 aromatic heterocycles. The monoisotopic (exact) mass is 274 g/mol. The van der Waals surface area contributed by atoms with Gasteiger partial charge in [0.25, 0.3) is 0 Å². The Kier molecular flexibility index (Phi) is 5.16. The molecule has 1 amide bonds. The lowest BCUT2D eigenvalue weighted by atomic mass is 9.78. The van der Waals surface area contributed by atoms with Gasteiger partial charge in [-0.05, 0) is 24.8 Å². The van der Waals surface area contributed by atoms with Crippen LogP contribution in [0.25, 0.3) is 0 Å². The molecule has 4 heteroatoms. The van der Waals surface area contributed by atoms with Crippen molar-refractivity contribution in [3.05, 3.63) is 35.9 Å². The fraction of sp³-hybridized carbons (Fsp3) is 0.500. The molecule has 2 rings (SSSR count). The van der Waals surface area contributed by atoms with Gasteiger partial charge in [-0.25, -0.2) is 0 Å². The van der Waals surface area contributed by atoms with Gasteiger partial charge >= 0.3 is 0 Å². The Morgan fingerprint density at radius 3 is 2.40 bits per heavy atom. The van der Waals surface area contributed by atoms with Crippen LogP contribution < -0.4 is 10.4 Å². The quantitative estimate of drug-likeness (QED) is 0.867. The zero-order chi connectivity index (χ0) is 14.4. The van der Waals surface area contributed by atoms with Gasteiger partial charge in [-0.3, -0.25) is 4.79 Å². The summed E-state index contributed by atoms with van der Waals surface area (Å²) in [5.41, 5.74) is 1.16. The van der Waals surface area contributed by atoms with Crippen molar-refractivity contribution in [2.45, 2.75) is 32.1 Å². The molecule has 2 atom stereocenters. The fourth-order valence-electron chi connectivity index (χ4n) is 2.83. The van der Waals surface area contributed by atoms with E-state index in [0.717, 1.165) is 24.8 Å². The van der Waals surface area contributed by atoms with Crippen LogP contribution in [0.5, 0.6) is 0 Å². The van der Waals surface area contributed by atoms with E-state index in [9.17, 15) is 14.7 Å². The number of amides is 1. The largest absolute Gasteiger partial charge is 0.550 e. The molecule has 1 N–H and O–H groups in total. The maximum atomic E-state index is 12.1. The molecular formula is C16H20NO3-. The average molecular weight is 274 g/mol. The first-order chi connectivity index (χ1) is 9.68. The van der Waals surface area contributed by atoms with E-state index in [1.165, 1.54) is 0 Å². The van der Waals surface area contributed by atoms with Crippen molar-refractivity contribution in [3.63, 3.8) is 0 Å². The molecule has 1 saturated carbocycles. The number of carbonyl (C=O) groups is 2. The van der Waals surface area contributed by atoms with Gasteiger partial charge in [0.15, 0.2) is 0 Å². The minimum Gasteiger partial charge on any atom is -0.550 e. The standard InChI is InChI=1S/C16H21NO3/c18-15(13-8-4-5-9-14(13)16(19)20)17-11-10-12-6-2-1-3-7-12/h1-3,6-7,13-14H,4-5,8-11H2,(H,17,18)(H,19,20)/p-1/t13-,14+/m1/s1. The third kappa shape index (κ3) is 3.83. The Labute approximate surface area is 119 Å². The summed E-state index contributed by atoms with van der Waals surface area (Å²) >= 11 is 0. The van der Waals surface area contributed by atoms with Gasteiger partial charge in [0.05, 0.1) is 0 Å². The van der Waals surface area contributed by atoms with E-state index in [4.69, 9.17) is 0 Å². The summed E-state index contributed by atoms with van der Waals surface area (Å²) in [6.45, 7) is 0.541. The summed E-state index contributed by atoms with van der Waals surface area (Å²) in [5.74, 6) is -2.28. The van der Waals surface area contributed by atoms with Crippen molar-refractivity contribution in [2.24, 2.45) is 11.8 Å². The fourth-order valence-corrected chi connectivity index (χ4v) is 2.83. The summed E-state index contributed by atoms with van der Waals surface area (Å²) in [7, 11) is 0. The van der Waals surface area contributed by atoms with Gasteiger partial charge in [0.2, 0.25) is 5.91 Å². The first kappa shape index (κ1) is 14.6. The molecule has 1 aromatic rings. The summed E-state index contributed by atoms with van der Waals surface area (Å²) in [4.78, 5) is 23.2. The lowest BCUT2D eigenvalue weighted by molar-refractivity contribution is -0.314. The molecule has 108 valence electrons. The van der Waals surface area contributed by atoms with Crippen molar-refractivity contribution >= 4 is 11.9 Å². The van der Waals surface area contributed by atoms with E-state index in [0.29, 0.717) is 19.4 Å². The number of hydrogen-bond acceptors (Lipinski definition) is 3. The van der Waals surface area contributed by atoms with Crippen molar-refractivity contribution in [1.29, 1.82) is 0 Å². The zero-order valence-electron chi connectivity index (χ0n) is 11.5. The highest BCUT2D eigenvalue weighted by Gasteiger charge is 2.31.